The molecule has 0 aliphatic heterocycles. The fourth-order valence-corrected chi connectivity index (χ4v) is 1.26. The summed E-state index contributed by atoms with van der Waals surface area (Å²) in [6, 6.07) is 1.81. The minimum Gasteiger partial charge on any atom is -0.475 e. The van der Waals surface area contributed by atoms with Crippen LogP contribution in [0.15, 0.2) is 10.8 Å². The van der Waals surface area contributed by atoms with E-state index in [9.17, 15) is 0 Å². The van der Waals surface area contributed by atoms with Gasteiger partial charge in [-0.25, -0.2) is 4.98 Å². The Hall–Kier alpha value is -0.640. The third-order valence-corrected chi connectivity index (χ3v) is 1.51. The monoisotopic (exact) mass is 230 g/mol. The fourth-order valence-electron chi connectivity index (χ4n) is 0.807. The summed E-state index contributed by atoms with van der Waals surface area (Å²) < 4.78 is 5.96. The van der Waals surface area contributed by atoms with Crippen LogP contribution in [0, 0.1) is 6.92 Å². The van der Waals surface area contributed by atoms with Crippen LogP contribution in [0.4, 0.5) is 0 Å². The van der Waals surface area contributed by atoms with Crippen molar-refractivity contribution in [1.29, 1.82) is 0 Å². The van der Waals surface area contributed by atoms with Gasteiger partial charge in [-0.1, -0.05) is 0 Å². The van der Waals surface area contributed by atoms with Gasteiger partial charge in [0.1, 0.15) is 0 Å². The molecule has 1 aromatic rings. The SMILES string of the molecule is Cc1cc(OC(C)C)nc(Br)n1. The van der Waals surface area contributed by atoms with Crippen molar-refractivity contribution >= 4 is 15.9 Å². The van der Waals surface area contributed by atoms with E-state index in [1.54, 1.807) is 0 Å². The molecule has 0 fully saturated rings. The number of hydrogen-bond acceptors (Lipinski definition) is 3. The number of nitrogens with zero attached hydrogens (tertiary/aromatic N) is 2. The molecule has 0 radical (unpaired) electrons. The van der Waals surface area contributed by atoms with Gasteiger partial charge >= 0.3 is 0 Å². The number of hydrogen-bond donors (Lipinski definition) is 0. The van der Waals surface area contributed by atoms with Gasteiger partial charge in [-0.3, -0.25) is 0 Å². The van der Waals surface area contributed by atoms with Crippen LogP contribution in [0.25, 0.3) is 0 Å². The zero-order chi connectivity index (χ0) is 9.14. The molecule has 3 nitrogen and oxygen atoms in total. The maximum atomic E-state index is 5.39. The quantitative estimate of drug-likeness (QED) is 0.732. The smallest absolute Gasteiger partial charge is 0.217 e. The minimum atomic E-state index is 0.145. The molecule has 1 rings (SSSR count). The average molecular weight is 231 g/mol. The Morgan fingerprint density at radius 3 is 2.58 bits per heavy atom. The second kappa shape index (κ2) is 3.85. The Bertz CT molecular complexity index is 256. The largest absolute Gasteiger partial charge is 0.475 e. The van der Waals surface area contributed by atoms with E-state index < -0.39 is 0 Å². The topological polar surface area (TPSA) is 35.0 Å². The molecule has 0 aliphatic rings. The summed E-state index contributed by atoms with van der Waals surface area (Å²) in [4.78, 5) is 8.12. The molecule has 0 aliphatic carbocycles. The van der Waals surface area contributed by atoms with Gasteiger partial charge in [0.25, 0.3) is 0 Å². The number of rotatable bonds is 2. The fraction of sp³-hybridized carbons (Fsp3) is 0.500. The minimum absolute atomic E-state index is 0.145. The number of ether oxygens (including phenoxy) is 1. The zero-order valence-electron chi connectivity index (χ0n) is 7.34. The lowest BCUT2D eigenvalue weighted by atomic mass is 10.4. The van der Waals surface area contributed by atoms with Crippen molar-refractivity contribution in [2.75, 3.05) is 0 Å². The average Bonchev–Trinajstić information content (AvgIpc) is 1.81. The summed E-state index contributed by atoms with van der Waals surface area (Å²) in [5.74, 6) is 0.615. The Morgan fingerprint density at radius 2 is 2.08 bits per heavy atom. The highest BCUT2D eigenvalue weighted by molar-refractivity contribution is 9.10. The van der Waals surface area contributed by atoms with Gasteiger partial charge in [0.15, 0.2) is 4.73 Å². The molecule has 1 aromatic heterocycles. The highest BCUT2D eigenvalue weighted by atomic mass is 79.9. The molecule has 12 heavy (non-hydrogen) atoms. The predicted octanol–water partition coefficient (Wildman–Crippen LogP) is 2.33. The van der Waals surface area contributed by atoms with Crippen LogP contribution in [0.3, 0.4) is 0 Å². The van der Waals surface area contributed by atoms with E-state index in [-0.39, 0.29) is 6.10 Å². The van der Waals surface area contributed by atoms with Crippen LogP contribution in [0.2, 0.25) is 0 Å². The molecule has 4 heteroatoms. The van der Waals surface area contributed by atoms with Crippen molar-refractivity contribution in [2.24, 2.45) is 0 Å². The van der Waals surface area contributed by atoms with Gasteiger partial charge < -0.3 is 4.74 Å². The van der Waals surface area contributed by atoms with Crippen molar-refractivity contribution in [3.8, 4) is 5.88 Å². The molecular weight excluding hydrogens is 220 g/mol. The van der Waals surface area contributed by atoms with Gasteiger partial charge in [0.05, 0.1) is 6.10 Å². The lowest BCUT2D eigenvalue weighted by Gasteiger charge is -2.08. The van der Waals surface area contributed by atoms with Crippen LogP contribution >= 0.6 is 15.9 Å². The van der Waals surface area contributed by atoms with E-state index in [0.717, 1.165) is 5.69 Å². The van der Waals surface area contributed by atoms with E-state index in [4.69, 9.17) is 4.74 Å². The molecule has 0 N–H and O–H groups in total. The first-order valence-electron chi connectivity index (χ1n) is 3.76. The molecule has 0 aromatic carbocycles. The zero-order valence-corrected chi connectivity index (χ0v) is 8.92. The van der Waals surface area contributed by atoms with E-state index in [0.29, 0.717) is 10.6 Å². The summed E-state index contributed by atoms with van der Waals surface area (Å²) in [6.45, 7) is 5.83. The maximum Gasteiger partial charge on any atom is 0.217 e. The maximum absolute atomic E-state index is 5.39. The first-order valence-corrected chi connectivity index (χ1v) is 4.55. The van der Waals surface area contributed by atoms with Crippen molar-refractivity contribution < 1.29 is 4.74 Å². The molecule has 0 unspecified atom stereocenters. The second-order valence-corrected chi connectivity index (χ2v) is 3.49. The lowest BCUT2D eigenvalue weighted by molar-refractivity contribution is 0.231. The predicted molar refractivity (Wildman–Crippen MR) is 50.2 cm³/mol. The molecular formula is C8H11BrN2O. The summed E-state index contributed by atoms with van der Waals surface area (Å²) in [5, 5.41) is 0. The van der Waals surface area contributed by atoms with Crippen molar-refractivity contribution in [1.82, 2.24) is 9.97 Å². The first-order chi connectivity index (χ1) is 5.58. The number of aromatic nitrogens is 2. The summed E-state index contributed by atoms with van der Waals surface area (Å²) in [5.41, 5.74) is 0.896. The Morgan fingerprint density at radius 1 is 1.42 bits per heavy atom. The number of halogens is 1. The van der Waals surface area contributed by atoms with E-state index in [1.165, 1.54) is 0 Å². The Labute approximate surface area is 80.3 Å². The third kappa shape index (κ3) is 2.77. The van der Waals surface area contributed by atoms with E-state index in [1.807, 2.05) is 26.8 Å². The van der Waals surface area contributed by atoms with Crippen molar-refractivity contribution in [2.45, 2.75) is 26.9 Å². The molecule has 0 atom stereocenters. The lowest BCUT2D eigenvalue weighted by Crippen LogP contribution is -2.07. The Kier molecular flexibility index (Phi) is 3.03. The third-order valence-electron chi connectivity index (χ3n) is 1.16. The highest BCUT2D eigenvalue weighted by Crippen LogP contribution is 2.13. The molecule has 66 valence electrons. The van der Waals surface area contributed by atoms with Gasteiger partial charge in [-0.15, -0.1) is 0 Å². The van der Waals surface area contributed by atoms with Crippen LogP contribution in [0.1, 0.15) is 19.5 Å². The molecule has 0 spiro atoms. The molecule has 0 saturated carbocycles. The van der Waals surface area contributed by atoms with Crippen LogP contribution < -0.4 is 4.74 Å². The highest BCUT2D eigenvalue weighted by Gasteiger charge is 2.01. The van der Waals surface area contributed by atoms with Gasteiger partial charge in [0.2, 0.25) is 5.88 Å². The first kappa shape index (κ1) is 9.45. The number of aryl methyl sites for hydroxylation is 1. The van der Waals surface area contributed by atoms with E-state index in [2.05, 4.69) is 25.9 Å². The second-order valence-electron chi connectivity index (χ2n) is 2.78. The van der Waals surface area contributed by atoms with Crippen LogP contribution in [-0.4, -0.2) is 16.1 Å². The summed E-state index contributed by atoms with van der Waals surface area (Å²) in [7, 11) is 0. The van der Waals surface area contributed by atoms with Crippen LogP contribution in [-0.2, 0) is 0 Å². The molecule has 0 bridgehead atoms. The standard InChI is InChI=1S/C8H11BrN2O/c1-5(2)12-7-4-6(3)10-8(9)11-7/h4-5H,1-3H3. The summed E-state index contributed by atoms with van der Waals surface area (Å²) in [6.07, 6.45) is 0.145. The normalized spacial score (nSPS) is 10.4. The van der Waals surface area contributed by atoms with Crippen LogP contribution in [0.5, 0.6) is 5.88 Å². The van der Waals surface area contributed by atoms with Crippen molar-refractivity contribution in [3.63, 3.8) is 0 Å². The van der Waals surface area contributed by atoms with E-state index >= 15 is 0 Å². The molecule has 0 amide bonds. The summed E-state index contributed by atoms with van der Waals surface area (Å²) >= 11 is 3.20. The van der Waals surface area contributed by atoms with Gasteiger partial charge in [0, 0.05) is 11.8 Å². The molecule has 0 saturated heterocycles. The van der Waals surface area contributed by atoms with Crippen molar-refractivity contribution in [3.05, 3.63) is 16.5 Å². The van der Waals surface area contributed by atoms with Gasteiger partial charge in [-0.05, 0) is 36.7 Å². The molecule has 1 heterocycles. The van der Waals surface area contributed by atoms with Gasteiger partial charge in [-0.2, -0.15) is 4.98 Å². The Balaban J connectivity index is 2.85.